The minimum atomic E-state index is -3.42. The van der Waals surface area contributed by atoms with E-state index in [1.54, 1.807) is 24.6 Å². The molecule has 3 rings (SSSR count). The second-order valence-electron chi connectivity index (χ2n) is 6.18. The lowest BCUT2D eigenvalue weighted by molar-refractivity contribution is 0.582. The highest BCUT2D eigenvalue weighted by Crippen LogP contribution is 2.15. The van der Waals surface area contributed by atoms with Crippen LogP contribution in [0.4, 0.5) is 0 Å². The number of halogens is 1. The Morgan fingerprint density at radius 1 is 1.07 bits per heavy atom. The van der Waals surface area contributed by atoms with Gasteiger partial charge in [-0.2, -0.15) is 0 Å². The van der Waals surface area contributed by atoms with Crippen molar-refractivity contribution in [3.63, 3.8) is 0 Å². The summed E-state index contributed by atoms with van der Waals surface area (Å²) in [6, 6.07) is 13.8. The molecule has 0 bridgehead atoms. The summed E-state index contributed by atoms with van der Waals surface area (Å²) >= 11 is 1.20. The third-order valence-corrected chi connectivity index (χ3v) is 7.10. The maximum Gasteiger partial charge on any atom is 0.250 e. The van der Waals surface area contributed by atoms with Crippen molar-refractivity contribution in [2.24, 2.45) is 4.99 Å². The van der Waals surface area contributed by atoms with Crippen LogP contribution in [-0.4, -0.2) is 45.6 Å². The zero-order valence-electron chi connectivity index (χ0n) is 16.2. The van der Waals surface area contributed by atoms with Crippen molar-refractivity contribution in [2.75, 3.05) is 26.7 Å². The van der Waals surface area contributed by atoms with Gasteiger partial charge in [0.25, 0.3) is 0 Å². The summed E-state index contributed by atoms with van der Waals surface area (Å²) in [5, 5.41) is 9.37. The Balaban J connectivity index is 0.00000300. The van der Waals surface area contributed by atoms with Crippen LogP contribution in [-0.2, 0) is 16.6 Å². The SMILES string of the molecule is CN=C(NCCCn1ccc2ccccc21)NCCNS(=O)(=O)c1cccs1.I. The highest BCUT2D eigenvalue weighted by molar-refractivity contribution is 14.0. The van der Waals surface area contributed by atoms with Gasteiger partial charge < -0.3 is 15.2 Å². The number of nitrogens with zero attached hydrogens (tertiary/aromatic N) is 2. The van der Waals surface area contributed by atoms with Crippen LogP contribution in [0.2, 0.25) is 0 Å². The fourth-order valence-electron chi connectivity index (χ4n) is 2.87. The molecule has 0 saturated carbocycles. The lowest BCUT2D eigenvalue weighted by atomic mass is 10.2. The molecule has 7 nitrogen and oxygen atoms in total. The Hall–Kier alpha value is -1.63. The van der Waals surface area contributed by atoms with Crippen molar-refractivity contribution in [3.05, 3.63) is 54.0 Å². The van der Waals surface area contributed by atoms with Gasteiger partial charge in [0, 0.05) is 44.9 Å². The normalized spacial score (nSPS) is 12.0. The van der Waals surface area contributed by atoms with E-state index in [1.165, 1.54) is 22.2 Å². The van der Waals surface area contributed by atoms with E-state index in [0.717, 1.165) is 19.5 Å². The highest BCUT2D eigenvalue weighted by Gasteiger charge is 2.13. The summed E-state index contributed by atoms with van der Waals surface area (Å²) in [5.41, 5.74) is 1.24. The van der Waals surface area contributed by atoms with E-state index in [1.807, 2.05) is 6.07 Å². The number of nitrogens with one attached hydrogen (secondary N) is 3. The van der Waals surface area contributed by atoms with Crippen LogP contribution in [0.5, 0.6) is 0 Å². The quantitative estimate of drug-likeness (QED) is 0.167. The number of aromatic nitrogens is 1. The van der Waals surface area contributed by atoms with Gasteiger partial charge >= 0.3 is 0 Å². The number of para-hydroxylation sites is 1. The number of fused-ring (bicyclic) bond motifs is 1. The molecule has 29 heavy (non-hydrogen) atoms. The highest BCUT2D eigenvalue weighted by atomic mass is 127. The summed E-state index contributed by atoms with van der Waals surface area (Å²) in [6.45, 7) is 2.42. The molecule has 1 aromatic carbocycles. The van der Waals surface area contributed by atoms with Crippen LogP contribution in [0.25, 0.3) is 10.9 Å². The van der Waals surface area contributed by atoms with Crippen LogP contribution in [0.3, 0.4) is 0 Å². The fraction of sp³-hybridized carbons (Fsp3) is 0.316. The molecule has 0 unspecified atom stereocenters. The molecule has 0 aliphatic carbocycles. The number of sulfonamides is 1. The average molecular weight is 547 g/mol. The molecule has 0 aliphatic rings. The van der Waals surface area contributed by atoms with Gasteiger partial charge in [-0.25, -0.2) is 13.1 Å². The number of rotatable bonds is 9. The molecule has 0 saturated heterocycles. The molecule has 0 spiro atoms. The van der Waals surface area contributed by atoms with Gasteiger partial charge in [0.2, 0.25) is 10.0 Å². The van der Waals surface area contributed by atoms with Crippen LogP contribution >= 0.6 is 35.3 Å². The summed E-state index contributed by atoms with van der Waals surface area (Å²) in [5.74, 6) is 0.660. The molecule has 2 aromatic heterocycles. The van der Waals surface area contributed by atoms with E-state index >= 15 is 0 Å². The summed E-state index contributed by atoms with van der Waals surface area (Å²) in [7, 11) is -1.72. The first-order chi connectivity index (χ1) is 13.6. The van der Waals surface area contributed by atoms with E-state index in [4.69, 9.17) is 0 Å². The molecule has 0 fully saturated rings. The van der Waals surface area contributed by atoms with Crippen molar-refractivity contribution < 1.29 is 8.42 Å². The van der Waals surface area contributed by atoms with Gasteiger partial charge in [0.05, 0.1) is 0 Å². The first-order valence-corrected chi connectivity index (χ1v) is 11.5. The smallest absolute Gasteiger partial charge is 0.250 e. The lowest BCUT2D eigenvalue weighted by Crippen LogP contribution is -2.41. The monoisotopic (exact) mass is 547 g/mol. The topological polar surface area (TPSA) is 87.5 Å². The van der Waals surface area contributed by atoms with Crippen LogP contribution in [0.1, 0.15) is 6.42 Å². The first-order valence-electron chi connectivity index (χ1n) is 9.12. The number of aryl methyl sites for hydroxylation is 1. The maximum atomic E-state index is 12.0. The van der Waals surface area contributed by atoms with Crippen molar-refractivity contribution in [1.82, 2.24) is 19.9 Å². The van der Waals surface area contributed by atoms with Gasteiger partial charge in [-0.15, -0.1) is 35.3 Å². The third kappa shape index (κ3) is 6.69. The predicted octanol–water partition coefficient (Wildman–Crippen LogP) is 2.85. The maximum absolute atomic E-state index is 12.0. The molecule has 3 aromatic rings. The minimum Gasteiger partial charge on any atom is -0.356 e. The molecule has 0 radical (unpaired) electrons. The Morgan fingerprint density at radius 2 is 1.86 bits per heavy atom. The average Bonchev–Trinajstić information content (AvgIpc) is 3.37. The lowest BCUT2D eigenvalue weighted by Gasteiger charge is -2.12. The standard InChI is InChI=1S/C19H25N5O2S2.HI/c1-20-19(22-11-12-23-28(25,26)18-8-4-15-27-18)21-10-5-13-24-14-9-16-6-2-3-7-17(16)24;/h2-4,6-9,14-15,23H,5,10-13H2,1H3,(H2,20,21,22);1H. The molecular formula is C19H26IN5O2S2. The van der Waals surface area contributed by atoms with Gasteiger partial charge in [-0.1, -0.05) is 24.3 Å². The van der Waals surface area contributed by atoms with E-state index in [9.17, 15) is 8.42 Å². The third-order valence-electron chi connectivity index (χ3n) is 4.24. The van der Waals surface area contributed by atoms with Crippen molar-refractivity contribution in [3.8, 4) is 0 Å². The van der Waals surface area contributed by atoms with Gasteiger partial charge in [-0.3, -0.25) is 4.99 Å². The van der Waals surface area contributed by atoms with Crippen LogP contribution in [0.15, 0.2) is 63.2 Å². The minimum absolute atomic E-state index is 0. The molecule has 0 atom stereocenters. The molecule has 0 amide bonds. The van der Waals surface area contributed by atoms with Gasteiger partial charge in [-0.05, 0) is 35.4 Å². The molecule has 2 heterocycles. The van der Waals surface area contributed by atoms with E-state index < -0.39 is 10.0 Å². The molecule has 3 N–H and O–H groups in total. The number of benzene rings is 1. The van der Waals surface area contributed by atoms with Crippen LogP contribution < -0.4 is 15.4 Å². The van der Waals surface area contributed by atoms with E-state index in [2.05, 4.69) is 55.4 Å². The number of hydrogen-bond acceptors (Lipinski definition) is 4. The largest absolute Gasteiger partial charge is 0.356 e. The fourth-order valence-corrected chi connectivity index (χ4v) is 4.94. The second-order valence-corrected chi connectivity index (χ2v) is 9.12. The van der Waals surface area contributed by atoms with Gasteiger partial charge in [0.1, 0.15) is 4.21 Å². The molecule has 0 aliphatic heterocycles. The molecule has 158 valence electrons. The predicted molar refractivity (Wildman–Crippen MR) is 131 cm³/mol. The second kappa shape index (κ2) is 11.5. The van der Waals surface area contributed by atoms with E-state index in [-0.39, 0.29) is 30.5 Å². The Labute approximate surface area is 192 Å². The Kier molecular flexibility index (Phi) is 9.40. The number of guanidine groups is 1. The van der Waals surface area contributed by atoms with Crippen LogP contribution in [0, 0.1) is 0 Å². The number of aliphatic imine (C=N–C) groups is 1. The molecule has 10 heteroatoms. The Morgan fingerprint density at radius 3 is 2.62 bits per heavy atom. The van der Waals surface area contributed by atoms with Crippen molar-refractivity contribution >= 4 is 62.2 Å². The summed E-state index contributed by atoms with van der Waals surface area (Å²) in [4.78, 5) is 4.17. The first kappa shape index (κ1) is 23.6. The number of hydrogen-bond donors (Lipinski definition) is 3. The van der Waals surface area contributed by atoms with Gasteiger partial charge in [0.15, 0.2) is 5.96 Å². The summed E-state index contributed by atoms with van der Waals surface area (Å²) in [6.07, 6.45) is 3.06. The zero-order valence-corrected chi connectivity index (χ0v) is 20.1. The van der Waals surface area contributed by atoms with Crippen molar-refractivity contribution in [2.45, 2.75) is 17.2 Å². The number of thiophene rings is 1. The Bertz CT molecular complexity index is 1020. The van der Waals surface area contributed by atoms with E-state index in [0.29, 0.717) is 16.7 Å². The summed E-state index contributed by atoms with van der Waals surface area (Å²) < 4.78 is 29.2. The zero-order chi connectivity index (χ0) is 19.8. The van der Waals surface area contributed by atoms with Crippen molar-refractivity contribution in [1.29, 1.82) is 0 Å². The molecular weight excluding hydrogens is 521 g/mol.